The SMILES string of the molecule is O=c1c2ccccc2c2c1ccc1oc3ccccc3oc12. The highest BCUT2D eigenvalue weighted by molar-refractivity contribution is 6.20. The van der Waals surface area contributed by atoms with Crippen LogP contribution in [-0.2, 0) is 0 Å². The number of hydrogen-bond donors (Lipinski definition) is 0. The third-order valence-electron chi connectivity index (χ3n) is 4.09. The first kappa shape index (κ1) is 11.6. The van der Waals surface area contributed by atoms with E-state index in [0.717, 1.165) is 10.8 Å². The topological polar surface area (TPSA) is 43.4 Å². The molecule has 0 fully saturated rings. The van der Waals surface area contributed by atoms with Crippen molar-refractivity contribution in [1.29, 1.82) is 0 Å². The maximum absolute atomic E-state index is 12.5. The highest BCUT2D eigenvalue weighted by Crippen LogP contribution is 2.33. The van der Waals surface area contributed by atoms with E-state index in [2.05, 4.69) is 0 Å². The van der Waals surface area contributed by atoms with E-state index >= 15 is 0 Å². The lowest BCUT2D eigenvalue weighted by molar-refractivity contribution is 0.584. The van der Waals surface area contributed by atoms with E-state index in [1.54, 1.807) is 6.07 Å². The Kier molecular flexibility index (Phi) is 2.09. The molecule has 0 aliphatic rings. The van der Waals surface area contributed by atoms with Gasteiger partial charge in [0.05, 0.1) is 0 Å². The van der Waals surface area contributed by atoms with Crippen LogP contribution in [0.3, 0.4) is 0 Å². The molecule has 4 aromatic carbocycles. The van der Waals surface area contributed by atoms with Gasteiger partial charge in [0.2, 0.25) is 0 Å². The van der Waals surface area contributed by atoms with E-state index in [-0.39, 0.29) is 5.43 Å². The van der Waals surface area contributed by atoms with E-state index in [1.165, 1.54) is 0 Å². The van der Waals surface area contributed by atoms with Crippen molar-refractivity contribution in [3.63, 3.8) is 0 Å². The maximum atomic E-state index is 12.5. The second-order valence-electron chi connectivity index (χ2n) is 5.34. The lowest BCUT2D eigenvalue weighted by atomic mass is 10.1. The van der Waals surface area contributed by atoms with Gasteiger partial charge in [-0.05, 0) is 29.7 Å². The normalized spacial score (nSPS) is 11.8. The van der Waals surface area contributed by atoms with Crippen LogP contribution >= 0.6 is 0 Å². The molecule has 0 saturated heterocycles. The summed E-state index contributed by atoms with van der Waals surface area (Å²) in [5.74, 6) is 0. The van der Waals surface area contributed by atoms with Gasteiger partial charge < -0.3 is 8.83 Å². The van der Waals surface area contributed by atoms with Gasteiger partial charge in [0, 0.05) is 16.2 Å². The molecule has 5 rings (SSSR count). The minimum atomic E-state index is 0.0378. The first-order valence-corrected chi connectivity index (χ1v) is 7.09. The van der Waals surface area contributed by atoms with Gasteiger partial charge in [-0.15, -0.1) is 0 Å². The molecule has 5 aromatic rings. The summed E-state index contributed by atoms with van der Waals surface area (Å²) in [5.41, 5.74) is 2.65. The standard InChI is InChI=1S/C19H10O3/c20-18-12-6-2-1-5-11(12)17-13(18)9-10-16-19(17)22-15-8-4-3-7-14(15)21-16/h1-10H. The minimum Gasteiger partial charge on any atom is -0.449 e. The largest absolute Gasteiger partial charge is 0.449 e. The Morgan fingerprint density at radius 1 is 0.591 bits per heavy atom. The fourth-order valence-corrected chi connectivity index (χ4v) is 3.09. The quantitative estimate of drug-likeness (QED) is 0.382. The summed E-state index contributed by atoms with van der Waals surface area (Å²) in [6, 6.07) is 18.7. The summed E-state index contributed by atoms with van der Waals surface area (Å²) in [6.07, 6.45) is 0. The molecule has 0 atom stereocenters. The molecule has 0 radical (unpaired) electrons. The number of para-hydroxylation sites is 2. The molecule has 0 aliphatic heterocycles. The molecule has 1 heterocycles. The summed E-state index contributed by atoms with van der Waals surface area (Å²) < 4.78 is 12.0. The Hall–Kier alpha value is -3.07. The first-order valence-electron chi connectivity index (χ1n) is 7.09. The Bertz CT molecular complexity index is 1240. The van der Waals surface area contributed by atoms with Crippen molar-refractivity contribution >= 4 is 43.9 Å². The Balaban J connectivity index is 2.13. The molecular formula is C19H10O3. The first-order chi connectivity index (χ1) is 10.8. The van der Waals surface area contributed by atoms with Gasteiger partial charge in [0.1, 0.15) is 0 Å². The summed E-state index contributed by atoms with van der Waals surface area (Å²) in [6.45, 7) is 0. The van der Waals surface area contributed by atoms with Crippen LogP contribution in [0.1, 0.15) is 0 Å². The third kappa shape index (κ3) is 1.37. The molecule has 0 N–H and O–H groups in total. The molecular weight excluding hydrogens is 276 g/mol. The van der Waals surface area contributed by atoms with Crippen LogP contribution in [0.2, 0.25) is 0 Å². The number of hydrogen-bond acceptors (Lipinski definition) is 3. The molecule has 104 valence electrons. The summed E-state index contributed by atoms with van der Waals surface area (Å²) in [5, 5.41) is 3.12. The predicted octanol–water partition coefficient (Wildman–Crippen LogP) is 4.85. The molecule has 0 spiro atoms. The highest BCUT2D eigenvalue weighted by Gasteiger charge is 2.15. The molecule has 0 aliphatic carbocycles. The van der Waals surface area contributed by atoms with Crippen LogP contribution in [0.15, 0.2) is 74.3 Å². The molecule has 1 aromatic heterocycles. The lowest BCUT2D eigenvalue weighted by Crippen LogP contribution is -1.92. The van der Waals surface area contributed by atoms with Crippen molar-refractivity contribution in [2.75, 3.05) is 0 Å². The third-order valence-corrected chi connectivity index (χ3v) is 4.09. The van der Waals surface area contributed by atoms with Crippen molar-refractivity contribution in [2.24, 2.45) is 0 Å². The lowest BCUT2D eigenvalue weighted by Gasteiger charge is -2.03. The zero-order chi connectivity index (χ0) is 14.7. The van der Waals surface area contributed by atoms with E-state index in [0.29, 0.717) is 33.1 Å². The van der Waals surface area contributed by atoms with E-state index in [9.17, 15) is 4.79 Å². The predicted molar refractivity (Wildman–Crippen MR) is 87.3 cm³/mol. The Morgan fingerprint density at radius 2 is 1.27 bits per heavy atom. The molecule has 3 nitrogen and oxygen atoms in total. The van der Waals surface area contributed by atoms with Crippen molar-refractivity contribution < 1.29 is 8.83 Å². The Morgan fingerprint density at radius 3 is 2.09 bits per heavy atom. The molecule has 3 heteroatoms. The zero-order valence-electron chi connectivity index (χ0n) is 11.5. The molecule has 0 bridgehead atoms. The average molecular weight is 286 g/mol. The van der Waals surface area contributed by atoms with Crippen LogP contribution in [0.4, 0.5) is 0 Å². The van der Waals surface area contributed by atoms with Crippen LogP contribution < -0.4 is 5.43 Å². The van der Waals surface area contributed by atoms with E-state index in [1.807, 2.05) is 54.6 Å². The minimum absolute atomic E-state index is 0.0378. The van der Waals surface area contributed by atoms with Crippen LogP contribution in [0.5, 0.6) is 0 Å². The van der Waals surface area contributed by atoms with Crippen molar-refractivity contribution in [3.8, 4) is 0 Å². The number of fused-ring (bicyclic) bond motifs is 6. The monoisotopic (exact) mass is 286 g/mol. The molecule has 22 heavy (non-hydrogen) atoms. The van der Waals surface area contributed by atoms with Crippen molar-refractivity contribution in [1.82, 2.24) is 0 Å². The maximum Gasteiger partial charge on any atom is 0.194 e. The second-order valence-corrected chi connectivity index (χ2v) is 5.34. The molecule has 0 saturated carbocycles. The van der Waals surface area contributed by atoms with Crippen molar-refractivity contribution in [2.45, 2.75) is 0 Å². The van der Waals surface area contributed by atoms with Gasteiger partial charge in [0.15, 0.2) is 27.8 Å². The smallest absolute Gasteiger partial charge is 0.194 e. The van der Waals surface area contributed by atoms with E-state index in [4.69, 9.17) is 8.83 Å². The van der Waals surface area contributed by atoms with Gasteiger partial charge >= 0.3 is 0 Å². The van der Waals surface area contributed by atoms with E-state index < -0.39 is 0 Å². The van der Waals surface area contributed by atoms with Gasteiger partial charge in [0.25, 0.3) is 0 Å². The van der Waals surface area contributed by atoms with Gasteiger partial charge in [-0.1, -0.05) is 36.4 Å². The molecule has 0 amide bonds. The highest BCUT2D eigenvalue weighted by atomic mass is 16.4. The van der Waals surface area contributed by atoms with Crippen LogP contribution in [0, 0.1) is 0 Å². The van der Waals surface area contributed by atoms with Crippen molar-refractivity contribution in [3.05, 3.63) is 70.9 Å². The second kappa shape index (κ2) is 3.98. The number of rotatable bonds is 0. The fourth-order valence-electron chi connectivity index (χ4n) is 3.09. The Labute approximate surface area is 124 Å². The summed E-state index contributed by atoms with van der Waals surface area (Å²) >= 11 is 0. The average Bonchev–Trinajstić information content (AvgIpc) is 2.87. The van der Waals surface area contributed by atoms with Crippen LogP contribution in [-0.4, -0.2) is 0 Å². The van der Waals surface area contributed by atoms with Gasteiger partial charge in [-0.25, -0.2) is 0 Å². The number of benzene rings is 3. The zero-order valence-corrected chi connectivity index (χ0v) is 11.5. The summed E-state index contributed by atoms with van der Waals surface area (Å²) in [4.78, 5) is 12.5. The van der Waals surface area contributed by atoms with Crippen LogP contribution in [0.25, 0.3) is 43.9 Å². The summed E-state index contributed by atoms with van der Waals surface area (Å²) in [7, 11) is 0. The van der Waals surface area contributed by atoms with Gasteiger partial charge in [-0.3, -0.25) is 4.79 Å². The molecule has 0 unspecified atom stereocenters. The fraction of sp³-hybridized carbons (Fsp3) is 0. The van der Waals surface area contributed by atoms with Gasteiger partial charge in [-0.2, -0.15) is 0 Å².